The maximum atomic E-state index is 12.4. The highest BCUT2D eigenvalue weighted by Crippen LogP contribution is 2.44. The molecule has 1 aromatic heterocycles. The van der Waals surface area contributed by atoms with Crippen molar-refractivity contribution in [1.29, 1.82) is 0 Å². The van der Waals surface area contributed by atoms with Crippen LogP contribution < -0.4 is 11.2 Å². The van der Waals surface area contributed by atoms with Crippen molar-refractivity contribution < 1.29 is 14.6 Å². The normalized spacial score (nSPS) is 20.1. The number of H-pyrrole nitrogens is 1. The summed E-state index contributed by atoms with van der Waals surface area (Å²) < 4.78 is 14.4. The van der Waals surface area contributed by atoms with Gasteiger partial charge in [0.1, 0.15) is 17.9 Å². The van der Waals surface area contributed by atoms with E-state index in [4.69, 9.17) is 9.47 Å². The summed E-state index contributed by atoms with van der Waals surface area (Å²) in [5.74, 6) is 0. The van der Waals surface area contributed by atoms with Crippen LogP contribution in [0.3, 0.4) is 0 Å². The van der Waals surface area contributed by atoms with E-state index < -0.39 is 35.3 Å². The van der Waals surface area contributed by atoms with Crippen LogP contribution in [-0.2, 0) is 15.1 Å². The highest BCUT2D eigenvalue weighted by Gasteiger charge is 2.45. The molecule has 2 heterocycles. The van der Waals surface area contributed by atoms with Crippen molar-refractivity contribution in [2.75, 3.05) is 6.61 Å². The van der Waals surface area contributed by atoms with E-state index in [9.17, 15) is 14.7 Å². The highest BCUT2D eigenvalue weighted by atomic mass is 16.6. The number of nitrogens with zero attached hydrogens (tertiary/aromatic N) is 1. The van der Waals surface area contributed by atoms with Gasteiger partial charge in [-0.3, -0.25) is 14.3 Å². The summed E-state index contributed by atoms with van der Waals surface area (Å²) in [4.78, 5) is 26.2. The Bertz CT molecular complexity index is 1270. The Hall–Kier alpha value is -3.78. The molecule has 0 bridgehead atoms. The molecule has 0 unspecified atom stereocenters. The summed E-state index contributed by atoms with van der Waals surface area (Å²) in [5.41, 5.74) is 0.749. The van der Waals surface area contributed by atoms with Gasteiger partial charge in [-0.1, -0.05) is 91.0 Å². The van der Waals surface area contributed by atoms with Crippen LogP contribution in [0.5, 0.6) is 0 Å². The molecule has 1 aliphatic heterocycles. The van der Waals surface area contributed by atoms with Crippen LogP contribution >= 0.6 is 0 Å². The fourth-order valence-electron chi connectivity index (χ4n) is 4.76. The van der Waals surface area contributed by atoms with Crippen LogP contribution in [0.2, 0.25) is 0 Å². The van der Waals surface area contributed by atoms with Crippen LogP contribution in [0, 0.1) is 0 Å². The number of nitrogens with one attached hydrogen (secondary N) is 1. The first-order valence-corrected chi connectivity index (χ1v) is 11.5. The van der Waals surface area contributed by atoms with Crippen LogP contribution in [0.25, 0.3) is 0 Å². The van der Waals surface area contributed by atoms with Crippen molar-refractivity contribution in [2.45, 2.75) is 30.5 Å². The minimum Gasteiger partial charge on any atom is -0.394 e. The summed E-state index contributed by atoms with van der Waals surface area (Å²) in [6, 6.07) is 31.1. The Labute approximate surface area is 202 Å². The summed E-state index contributed by atoms with van der Waals surface area (Å²) in [6.07, 6.45) is -0.201. The second kappa shape index (κ2) is 9.84. The zero-order chi connectivity index (χ0) is 24.3. The van der Waals surface area contributed by atoms with E-state index in [1.807, 2.05) is 91.0 Å². The molecule has 0 aliphatic carbocycles. The van der Waals surface area contributed by atoms with Crippen molar-refractivity contribution in [3.05, 3.63) is 141 Å². The van der Waals surface area contributed by atoms with E-state index >= 15 is 0 Å². The Morgan fingerprint density at radius 2 is 1.37 bits per heavy atom. The molecule has 2 N–H and O–H groups in total. The first-order chi connectivity index (χ1) is 17.1. The molecule has 0 saturated carbocycles. The van der Waals surface area contributed by atoms with Gasteiger partial charge in [0.15, 0.2) is 0 Å². The zero-order valence-electron chi connectivity index (χ0n) is 19.0. The van der Waals surface area contributed by atoms with Crippen molar-refractivity contribution in [2.24, 2.45) is 0 Å². The van der Waals surface area contributed by atoms with Crippen molar-refractivity contribution in [3.63, 3.8) is 0 Å². The maximum absolute atomic E-state index is 12.4. The number of rotatable bonds is 7. The number of hydrogen-bond acceptors (Lipinski definition) is 5. The molecule has 3 aromatic carbocycles. The van der Waals surface area contributed by atoms with E-state index in [1.54, 1.807) is 0 Å². The van der Waals surface area contributed by atoms with Gasteiger partial charge in [0.2, 0.25) is 0 Å². The number of aliphatic hydroxyl groups excluding tert-OH is 1. The van der Waals surface area contributed by atoms with Gasteiger partial charge in [0.25, 0.3) is 5.56 Å². The topological polar surface area (TPSA) is 93.5 Å². The third kappa shape index (κ3) is 4.37. The first-order valence-electron chi connectivity index (χ1n) is 11.5. The predicted octanol–water partition coefficient (Wildman–Crippen LogP) is 3.19. The Kier molecular flexibility index (Phi) is 6.46. The molecule has 1 saturated heterocycles. The average Bonchev–Trinajstić information content (AvgIpc) is 3.31. The molecule has 0 spiro atoms. The fourth-order valence-corrected chi connectivity index (χ4v) is 4.76. The molecule has 5 rings (SSSR count). The number of hydrogen-bond donors (Lipinski definition) is 2. The van der Waals surface area contributed by atoms with E-state index in [0.717, 1.165) is 16.7 Å². The van der Waals surface area contributed by atoms with Gasteiger partial charge in [0.05, 0.1) is 12.7 Å². The summed E-state index contributed by atoms with van der Waals surface area (Å²) >= 11 is 0. The molecular weight excluding hydrogens is 444 g/mol. The van der Waals surface area contributed by atoms with Crippen molar-refractivity contribution >= 4 is 0 Å². The standard InChI is InChI=1S/C28H26N2O5/c31-19-24-23(18-26(34-24)30-17-16-25(32)29-27(30)33)35-28(20-10-4-1-5-11-20,21-12-6-2-7-13-21)22-14-8-3-9-15-22/h1-17,23-24,26,31H,18-19H2,(H,29,32,33)/t23-,24+,26+/m0/s1. The first kappa shape index (κ1) is 23.0. The van der Waals surface area contributed by atoms with Gasteiger partial charge in [-0.2, -0.15) is 0 Å². The lowest BCUT2D eigenvalue weighted by atomic mass is 9.79. The minimum absolute atomic E-state index is 0.284. The van der Waals surface area contributed by atoms with E-state index in [0.29, 0.717) is 6.42 Å². The number of aliphatic hydroxyl groups is 1. The van der Waals surface area contributed by atoms with Crippen LogP contribution in [0.15, 0.2) is 113 Å². The van der Waals surface area contributed by atoms with Crippen LogP contribution in [0.1, 0.15) is 29.3 Å². The van der Waals surface area contributed by atoms with Crippen molar-refractivity contribution in [3.8, 4) is 0 Å². The van der Waals surface area contributed by atoms with Crippen LogP contribution in [-0.4, -0.2) is 33.5 Å². The molecule has 4 aromatic rings. The molecule has 7 heteroatoms. The zero-order valence-corrected chi connectivity index (χ0v) is 19.0. The summed E-state index contributed by atoms with van der Waals surface area (Å²) in [7, 11) is 0. The number of aromatic nitrogens is 2. The second-order valence-corrected chi connectivity index (χ2v) is 8.50. The third-order valence-corrected chi connectivity index (χ3v) is 6.39. The number of benzene rings is 3. The fraction of sp³-hybridized carbons (Fsp3) is 0.214. The Morgan fingerprint density at radius 1 is 0.857 bits per heavy atom. The van der Waals surface area contributed by atoms with E-state index in [-0.39, 0.29) is 6.61 Å². The van der Waals surface area contributed by atoms with E-state index in [2.05, 4.69) is 4.98 Å². The minimum atomic E-state index is -0.990. The van der Waals surface area contributed by atoms with Gasteiger partial charge in [-0.15, -0.1) is 0 Å². The molecule has 35 heavy (non-hydrogen) atoms. The smallest absolute Gasteiger partial charge is 0.330 e. The van der Waals surface area contributed by atoms with Crippen LogP contribution in [0.4, 0.5) is 0 Å². The highest BCUT2D eigenvalue weighted by molar-refractivity contribution is 5.47. The Balaban J connectivity index is 1.62. The van der Waals surface area contributed by atoms with Gasteiger partial charge >= 0.3 is 5.69 Å². The molecule has 7 nitrogen and oxygen atoms in total. The van der Waals surface area contributed by atoms with E-state index in [1.165, 1.54) is 16.8 Å². The molecule has 1 aliphatic rings. The third-order valence-electron chi connectivity index (χ3n) is 6.39. The van der Waals surface area contributed by atoms with Gasteiger partial charge < -0.3 is 14.6 Å². The summed E-state index contributed by atoms with van der Waals surface area (Å²) in [5, 5.41) is 10.2. The quantitative estimate of drug-likeness (QED) is 0.405. The summed E-state index contributed by atoms with van der Waals surface area (Å²) in [6.45, 7) is -0.284. The lowest BCUT2D eigenvalue weighted by Gasteiger charge is -2.39. The van der Waals surface area contributed by atoms with Gasteiger partial charge in [0, 0.05) is 18.7 Å². The Morgan fingerprint density at radius 3 is 1.83 bits per heavy atom. The second-order valence-electron chi connectivity index (χ2n) is 8.50. The lowest BCUT2D eigenvalue weighted by Crippen LogP contribution is -2.40. The average molecular weight is 471 g/mol. The number of aromatic amines is 1. The molecular formula is C28H26N2O5. The van der Waals surface area contributed by atoms with Crippen molar-refractivity contribution in [1.82, 2.24) is 9.55 Å². The largest absolute Gasteiger partial charge is 0.394 e. The molecule has 0 radical (unpaired) electrons. The maximum Gasteiger partial charge on any atom is 0.330 e. The lowest BCUT2D eigenvalue weighted by molar-refractivity contribution is -0.0994. The molecule has 1 fully saturated rings. The monoisotopic (exact) mass is 470 g/mol. The molecule has 178 valence electrons. The molecule has 0 amide bonds. The van der Waals surface area contributed by atoms with Gasteiger partial charge in [-0.05, 0) is 16.7 Å². The number of ether oxygens (including phenoxy) is 2. The predicted molar refractivity (Wildman–Crippen MR) is 131 cm³/mol. The SMILES string of the molecule is O=c1ccn([C@H]2C[C@H](OC(c3ccccc3)(c3ccccc3)c3ccccc3)[C@@H](CO)O2)c(=O)[nH]1. The molecule has 3 atom stereocenters. The van der Waals surface area contributed by atoms with Gasteiger partial charge in [-0.25, -0.2) is 4.79 Å².